The third kappa shape index (κ3) is 5.30. The van der Waals surface area contributed by atoms with Gasteiger partial charge in [0.15, 0.2) is 0 Å². The van der Waals surface area contributed by atoms with E-state index in [2.05, 4.69) is 19.2 Å². The molecule has 1 amide bonds. The minimum absolute atomic E-state index is 0.00792. The fraction of sp³-hybridized carbons (Fsp3) is 0.533. The molecule has 0 aliphatic heterocycles. The first-order chi connectivity index (χ1) is 9.06. The molecule has 0 spiro atoms. The van der Waals surface area contributed by atoms with E-state index in [-0.39, 0.29) is 18.6 Å². The van der Waals surface area contributed by atoms with Crippen molar-refractivity contribution >= 4 is 5.91 Å². The zero-order valence-corrected chi connectivity index (χ0v) is 12.1. The average Bonchev–Trinajstić information content (AvgIpc) is 2.38. The van der Waals surface area contributed by atoms with Crippen LogP contribution in [0.4, 0.5) is 0 Å². The number of carbonyl (C=O) groups excluding carboxylic acids is 1. The van der Waals surface area contributed by atoms with Crippen LogP contribution in [0.25, 0.3) is 0 Å². The largest absolute Gasteiger partial charge is 0.497 e. The molecule has 0 radical (unpaired) electrons. The minimum Gasteiger partial charge on any atom is -0.497 e. The van der Waals surface area contributed by atoms with Crippen LogP contribution in [-0.2, 0) is 9.53 Å². The number of amides is 1. The van der Waals surface area contributed by atoms with Gasteiger partial charge in [-0.2, -0.15) is 0 Å². The Kier molecular flexibility index (Phi) is 6.36. The lowest BCUT2D eigenvalue weighted by molar-refractivity contribution is -0.125. The monoisotopic (exact) mass is 265 g/mol. The van der Waals surface area contributed by atoms with E-state index in [0.29, 0.717) is 5.92 Å². The fourth-order valence-electron chi connectivity index (χ4n) is 1.95. The van der Waals surface area contributed by atoms with Gasteiger partial charge in [0.1, 0.15) is 12.4 Å². The number of ether oxygens (including phenoxy) is 2. The predicted octanol–water partition coefficient (Wildman–Crippen LogP) is 2.55. The molecule has 0 aliphatic carbocycles. The maximum Gasteiger partial charge on any atom is 0.246 e. The summed E-state index contributed by atoms with van der Waals surface area (Å²) in [4.78, 5) is 11.7. The third-order valence-electron chi connectivity index (χ3n) is 2.84. The topological polar surface area (TPSA) is 47.6 Å². The Hall–Kier alpha value is -1.55. The molecule has 106 valence electrons. The second-order valence-electron chi connectivity index (χ2n) is 4.96. The van der Waals surface area contributed by atoms with Crippen molar-refractivity contribution < 1.29 is 14.3 Å². The zero-order chi connectivity index (χ0) is 14.3. The average molecular weight is 265 g/mol. The number of hydrogen-bond donors (Lipinski definition) is 1. The molecule has 4 nitrogen and oxygen atoms in total. The van der Waals surface area contributed by atoms with E-state index in [9.17, 15) is 4.79 Å². The lowest BCUT2D eigenvalue weighted by Crippen LogP contribution is -2.32. The van der Waals surface area contributed by atoms with Gasteiger partial charge in [-0.1, -0.05) is 26.0 Å². The maximum absolute atomic E-state index is 11.7. The van der Waals surface area contributed by atoms with Crippen LogP contribution >= 0.6 is 0 Å². The maximum atomic E-state index is 11.7. The van der Waals surface area contributed by atoms with Crippen molar-refractivity contribution in [3.8, 4) is 5.75 Å². The predicted molar refractivity (Wildman–Crippen MR) is 75.2 cm³/mol. The zero-order valence-electron chi connectivity index (χ0n) is 12.1. The summed E-state index contributed by atoms with van der Waals surface area (Å²) in [5.41, 5.74) is 1.08. The molecule has 0 fully saturated rings. The summed E-state index contributed by atoms with van der Waals surface area (Å²) >= 11 is 0. The highest BCUT2D eigenvalue weighted by Gasteiger charge is 2.16. The van der Waals surface area contributed by atoms with E-state index in [1.165, 1.54) is 7.11 Å². The molecule has 19 heavy (non-hydrogen) atoms. The minimum atomic E-state index is -0.0935. The first-order valence-electron chi connectivity index (χ1n) is 6.49. The highest BCUT2D eigenvalue weighted by atomic mass is 16.5. The Morgan fingerprint density at radius 1 is 1.21 bits per heavy atom. The Bertz CT molecular complexity index is 387. The molecule has 1 atom stereocenters. The number of rotatable bonds is 7. The van der Waals surface area contributed by atoms with Crippen molar-refractivity contribution in [2.45, 2.75) is 26.3 Å². The van der Waals surface area contributed by atoms with Gasteiger partial charge in [-0.25, -0.2) is 0 Å². The van der Waals surface area contributed by atoms with Crippen molar-refractivity contribution in [1.29, 1.82) is 0 Å². The number of benzene rings is 1. The van der Waals surface area contributed by atoms with E-state index in [1.54, 1.807) is 7.11 Å². The first kappa shape index (κ1) is 15.5. The Balaban J connectivity index is 2.79. The Morgan fingerprint density at radius 2 is 1.84 bits per heavy atom. The van der Waals surface area contributed by atoms with Gasteiger partial charge in [0.25, 0.3) is 0 Å². The standard InChI is InChI=1S/C15H23NO3/c1-11(2)9-14(16-15(17)10-18-3)12-5-7-13(19-4)8-6-12/h5-8,11,14H,9-10H2,1-4H3,(H,16,17)/t14-/m0/s1. The van der Waals surface area contributed by atoms with Crippen LogP contribution in [0.1, 0.15) is 31.9 Å². The number of nitrogens with one attached hydrogen (secondary N) is 1. The van der Waals surface area contributed by atoms with Gasteiger partial charge in [0, 0.05) is 7.11 Å². The quantitative estimate of drug-likeness (QED) is 0.824. The number of carbonyl (C=O) groups is 1. The fourth-order valence-corrected chi connectivity index (χ4v) is 1.95. The molecular weight excluding hydrogens is 242 g/mol. The van der Waals surface area contributed by atoms with Crippen LogP contribution in [0.3, 0.4) is 0 Å². The van der Waals surface area contributed by atoms with Gasteiger partial charge in [-0.05, 0) is 30.0 Å². The third-order valence-corrected chi connectivity index (χ3v) is 2.84. The Morgan fingerprint density at radius 3 is 2.32 bits per heavy atom. The highest BCUT2D eigenvalue weighted by molar-refractivity contribution is 5.77. The van der Waals surface area contributed by atoms with Crippen molar-refractivity contribution in [3.05, 3.63) is 29.8 Å². The van der Waals surface area contributed by atoms with E-state index < -0.39 is 0 Å². The second-order valence-corrected chi connectivity index (χ2v) is 4.96. The van der Waals surface area contributed by atoms with Gasteiger partial charge >= 0.3 is 0 Å². The van der Waals surface area contributed by atoms with Crippen LogP contribution in [0.5, 0.6) is 5.75 Å². The molecule has 0 saturated heterocycles. The molecule has 1 aromatic carbocycles. The van der Waals surface area contributed by atoms with Crippen LogP contribution < -0.4 is 10.1 Å². The molecule has 1 rings (SSSR count). The molecule has 0 bridgehead atoms. The molecule has 1 N–H and O–H groups in total. The molecule has 0 unspecified atom stereocenters. The van der Waals surface area contributed by atoms with Crippen molar-refractivity contribution in [1.82, 2.24) is 5.32 Å². The number of hydrogen-bond acceptors (Lipinski definition) is 3. The van der Waals surface area contributed by atoms with E-state index in [0.717, 1.165) is 17.7 Å². The molecule has 0 aromatic heterocycles. The van der Waals surface area contributed by atoms with Crippen LogP contribution in [0.2, 0.25) is 0 Å². The van der Waals surface area contributed by atoms with Crippen molar-refractivity contribution in [3.63, 3.8) is 0 Å². The SMILES string of the molecule is COCC(=O)N[C@@H](CC(C)C)c1ccc(OC)cc1. The molecule has 0 saturated carbocycles. The van der Waals surface area contributed by atoms with Crippen LogP contribution in [0.15, 0.2) is 24.3 Å². The highest BCUT2D eigenvalue weighted by Crippen LogP contribution is 2.23. The number of methoxy groups -OCH3 is 2. The molecule has 0 heterocycles. The van der Waals surface area contributed by atoms with Gasteiger partial charge < -0.3 is 14.8 Å². The van der Waals surface area contributed by atoms with E-state index in [1.807, 2.05) is 24.3 Å². The summed E-state index contributed by atoms with van der Waals surface area (Å²) in [5, 5.41) is 3.00. The molecular formula is C15H23NO3. The summed E-state index contributed by atoms with van der Waals surface area (Å²) in [6, 6.07) is 7.79. The van der Waals surface area contributed by atoms with E-state index >= 15 is 0 Å². The second kappa shape index (κ2) is 7.79. The summed E-state index contributed by atoms with van der Waals surface area (Å²) in [7, 11) is 3.16. The summed E-state index contributed by atoms with van der Waals surface area (Å²) in [5.74, 6) is 1.22. The lowest BCUT2D eigenvalue weighted by Gasteiger charge is -2.21. The normalized spacial score (nSPS) is 12.3. The van der Waals surface area contributed by atoms with Crippen molar-refractivity contribution in [2.24, 2.45) is 5.92 Å². The van der Waals surface area contributed by atoms with Crippen LogP contribution in [0, 0.1) is 5.92 Å². The molecule has 1 aromatic rings. The van der Waals surface area contributed by atoms with Gasteiger partial charge in [-0.15, -0.1) is 0 Å². The van der Waals surface area contributed by atoms with E-state index in [4.69, 9.17) is 9.47 Å². The molecule has 0 aliphatic rings. The van der Waals surface area contributed by atoms with Crippen LogP contribution in [-0.4, -0.2) is 26.7 Å². The summed E-state index contributed by atoms with van der Waals surface area (Å²) in [6.45, 7) is 4.36. The van der Waals surface area contributed by atoms with Crippen molar-refractivity contribution in [2.75, 3.05) is 20.8 Å². The summed E-state index contributed by atoms with van der Waals surface area (Å²) in [6.07, 6.45) is 0.891. The van der Waals surface area contributed by atoms with Gasteiger partial charge in [0.05, 0.1) is 13.2 Å². The lowest BCUT2D eigenvalue weighted by atomic mass is 9.97. The Labute approximate surface area is 115 Å². The van der Waals surface area contributed by atoms with Gasteiger partial charge in [-0.3, -0.25) is 4.79 Å². The molecule has 4 heteroatoms. The smallest absolute Gasteiger partial charge is 0.246 e. The summed E-state index contributed by atoms with van der Waals surface area (Å²) < 4.78 is 9.99. The first-order valence-corrected chi connectivity index (χ1v) is 6.49. The van der Waals surface area contributed by atoms with Gasteiger partial charge in [0.2, 0.25) is 5.91 Å².